The van der Waals surface area contributed by atoms with Crippen LogP contribution in [0, 0.1) is 13.8 Å². The molecule has 25 heavy (non-hydrogen) atoms. The molecule has 0 aliphatic rings. The number of furan rings is 1. The summed E-state index contributed by atoms with van der Waals surface area (Å²) in [6.45, 7) is 7.72. The van der Waals surface area contributed by atoms with E-state index >= 15 is 0 Å². The zero-order valence-electron chi connectivity index (χ0n) is 14.4. The molecule has 0 bridgehead atoms. The van der Waals surface area contributed by atoms with E-state index in [1.807, 2.05) is 33.8 Å². The van der Waals surface area contributed by atoms with Crippen molar-refractivity contribution in [1.82, 2.24) is 10.2 Å². The molecule has 0 aliphatic carbocycles. The monoisotopic (exact) mass is 361 g/mol. The van der Waals surface area contributed by atoms with Crippen molar-refractivity contribution in [2.75, 3.05) is 4.72 Å². The summed E-state index contributed by atoms with van der Waals surface area (Å²) < 4.78 is 38.4. The summed E-state index contributed by atoms with van der Waals surface area (Å²) in [5, 5.41) is 7.57. The molecule has 3 rings (SSSR count). The van der Waals surface area contributed by atoms with Crippen LogP contribution in [-0.4, -0.2) is 18.6 Å². The molecular weight excluding hydrogens is 342 g/mol. The zero-order chi connectivity index (χ0) is 18.2. The molecule has 2 heterocycles. The van der Waals surface area contributed by atoms with E-state index in [0.29, 0.717) is 11.6 Å². The Morgan fingerprint density at radius 2 is 1.76 bits per heavy atom. The zero-order valence-corrected chi connectivity index (χ0v) is 15.2. The van der Waals surface area contributed by atoms with Crippen LogP contribution in [0.5, 0.6) is 0 Å². The standard InChI is InChI=1S/C17H19N3O4S/c1-10(2)16-18-19-17(24-16)14-7-8-15(23-14)25(21,22)20-13-6-5-11(3)12(4)9-13/h5-10,20H,1-4H3. The molecule has 0 saturated heterocycles. The third-order valence-electron chi connectivity index (χ3n) is 3.75. The number of hydrogen-bond acceptors (Lipinski definition) is 6. The Hall–Kier alpha value is -2.61. The van der Waals surface area contributed by atoms with Gasteiger partial charge in [-0.2, -0.15) is 8.42 Å². The SMILES string of the molecule is Cc1ccc(NS(=O)(=O)c2ccc(-c3nnc(C(C)C)o3)o2)cc1C. The molecule has 1 N–H and O–H groups in total. The predicted octanol–water partition coefficient (Wildman–Crippen LogP) is 3.87. The average Bonchev–Trinajstić information content (AvgIpc) is 3.19. The maximum atomic E-state index is 12.5. The molecule has 0 unspecified atom stereocenters. The first-order valence-electron chi connectivity index (χ1n) is 7.80. The molecule has 0 spiro atoms. The lowest BCUT2D eigenvalue weighted by Crippen LogP contribution is -2.12. The Kier molecular flexibility index (Phi) is 4.38. The van der Waals surface area contributed by atoms with Crippen molar-refractivity contribution < 1.29 is 17.3 Å². The maximum Gasteiger partial charge on any atom is 0.295 e. The Morgan fingerprint density at radius 1 is 1.00 bits per heavy atom. The van der Waals surface area contributed by atoms with E-state index in [4.69, 9.17) is 8.83 Å². The highest BCUT2D eigenvalue weighted by Crippen LogP contribution is 2.26. The summed E-state index contributed by atoms with van der Waals surface area (Å²) in [5.74, 6) is 0.895. The van der Waals surface area contributed by atoms with Crippen LogP contribution in [0.3, 0.4) is 0 Å². The summed E-state index contributed by atoms with van der Waals surface area (Å²) >= 11 is 0. The highest BCUT2D eigenvalue weighted by molar-refractivity contribution is 7.92. The number of nitrogens with zero attached hydrogens (tertiary/aromatic N) is 2. The lowest BCUT2D eigenvalue weighted by atomic mass is 10.1. The number of benzene rings is 1. The minimum absolute atomic E-state index is 0.0749. The van der Waals surface area contributed by atoms with Crippen LogP contribution < -0.4 is 4.72 Å². The minimum Gasteiger partial charge on any atom is -0.438 e. The van der Waals surface area contributed by atoms with E-state index in [0.717, 1.165) is 11.1 Å². The highest BCUT2D eigenvalue weighted by Gasteiger charge is 2.22. The van der Waals surface area contributed by atoms with Gasteiger partial charge in [0, 0.05) is 11.6 Å². The number of nitrogens with one attached hydrogen (secondary N) is 1. The Labute approximate surface area is 146 Å². The van der Waals surface area contributed by atoms with Crippen LogP contribution in [0.25, 0.3) is 11.7 Å². The van der Waals surface area contributed by atoms with Crippen LogP contribution in [-0.2, 0) is 10.0 Å². The van der Waals surface area contributed by atoms with Gasteiger partial charge in [-0.1, -0.05) is 19.9 Å². The number of anilines is 1. The van der Waals surface area contributed by atoms with Gasteiger partial charge in [0.2, 0.25) is 11.0 Å². The number of aryl methyl sites for hydroxylation is 2. The summed E-state index contributed by atoms with van der Waals surface area (Å²) in [4.78, 5) is 0. The van der Waals surface area contributed by atoms with Gasteiger partial charge >= 0.3 is 0 Å². The fourth-order valence-corrected chi connectivity index (χ4v) is 3.14. The van der Waals surface area contributed by atoms with Crippen molar-refractivity contribution in [2.45, 2.75) is 38.7 Å². The molecular formula is C17H19N3O4S. The van der Waals surface area contributed by atoms with Crippen molar-refractivity contribution >= 4 is 15.7 Å². The summed E-state index contributed by atoms with van der Waals surface area (Å²) in [7, 11) is -3.85. The molecule has 0 atom stereocenters. The van der Waals surface area contributed by atoms with E-state index in [-0.39, 0.29) is 22.7 Å². The van der Waals surface area contributed by atoms with Crippen molar-refractivity contribution in [1.29, 1.82) is 0 Å². The van der Waals surface area contributed by atoms with E-state index in [9.17, 15) is 8.42 Å². The van der Waals surface area contributed by atoms with Crippen LogP contribution in [0.2, 0.25) is 0 Å². The molecule has 0 fully saturated rings. The first-order valence-corrected chi connectivity index (χ1v) is 9.28. The molecule has 0 radical (unpaired) electrons. The summed E-state index contributed by atoms with van der Waals surface area (Å²) in [6.07, 6.45) is 0. The second-order valence-electron chi connectivity index (χ2n) is 6.12. The summed E-state index contributed by atoms with van der Waals surface area (Å²) in [5.41, 5.74) is 2.55. The number of rotatable bonds is 5. The molecule has 8 heteroatoms. The van der Waals surface area contributed by atoms with E-state index < -0.39 is 10.0 Å². The molecule has 0 saturated carbocycles. The number of hydrogen-bond donors (Lipinski definition) is 1. The molecule has 0 aliphatic heterocycles. The van der Waals surface area contributed by atoms with Gasteiger partial charge in [0.15, 0.2) is 5.76 Å². The number of sulfonamides is 1. The normalized spacial score (nSPS) is 11.9. The summed E-state index contributed by atoms with van der Waals surface area (Å²) in [6, 6.07) is 8.18. The van der Waals surface area contributed by atoms with Gasteiger partial charge in [-0.05, 0) is 49.2 Å². The van der Waals surface area contributed by atoms with Crippen LogP contribution in [0.4, 0.5) is 5.69 Å². The van der Waals surface area contributed by atoms with Crippen molar-refractivity contribution in [3.05, 3.63) is 47.3 Å². The van der Waals surface area contributed by atoms with Gasteiger partial charge in [0.1, 0.15) is 0 Å². The fourth-order valence-electron chi connectivity index (χ4n) is 2.16. The van der Waals surface area contributed by atoms with Gasteiger partial charge in [-0.15, -0.1) is 10.2 Å². The van der Waals surface area contributed by atoms with Crippen LogP contribution >= 0.6 is 0 Å². The lowest BCUT2D eigenvalue weighted by molar-refractivity contribution is 0.429. The van der Waals surface area contributed by atoms with Crippen molar-refractivity contribution in [2.24, 2.45) is 0 Å². The van der Waals surface area contributed by atoms with E-state index in [1.54, 1.807) is 12.1 Å². The maximum absolute atomic E-state index is 12.5. The Balaban J connectivity index is 1.85. The largest absolute Gasteiger partial charge is 0.438 e. The van der Waals surface area contributed by atoms with Gasteiger partial charge in [0.05, 0.1) is 0 Å². The molecule has 7 nitrogen and oxygen atoms in total. The minimum atomic E-state index is -3.85. The first-order chi connectivity index (χ1) is 11.8. The Morgan fingerprint density at radius 3 is 2.40 bits per heavy atom. The van der Waals surface area contributed by atoms with Gasteiger partial charge in [0.25, 0.3) is 15.9 Å². The molecule has 2 aromatic heterocycles. The third-order valence-corrected chi connectivity index (χ3v) is 5.00. The molecule has 132 valence electrons. The van der Waals surface area contributed by atoms with Gasteiger partial charge in [-0.25, -0.2) is 0 Å². The third kappa shape index (κ3) is 3.58. The lowest BCUT2D eigenvalue weighted by Gasteiger charge is -2.07. The smallest absolute Gasteiger partial charge is 0.295 e. The highest BCUT2D eigenvalue weighted by atomic mass is 32.2. The molecule has 1 aromatic carbocycles. The van der Waals surface area contributed by atoms with Crippen LogP contribution in [0.15, 0.2) is 44.3 Å². The van der Waals surface area contributed by atoms with Crippen LogP contribution in [0.1, 0.15) is 36.8 Å². The van der Waals surface area contributed by atoms with Crippen molar-refractivity contribution in [3.63, 3.8) is 0 Å². The Bertz CT molecular complexity index is 1000. The second kappa shape index (κ2) is 6.36. The van der Waals surface area contributed by atoms with E-state index in [2.05, 4.69) is 14.9 Å². The number of aromatic nitrogens is 2. The van der Waals surface area contributed by atoms with Crippen molar-refractivity contribution in [3.8, 4) is 11.7 Å². The van der Waals surface area contributed by atoms with Gasteiger partial charge < -0.3 is 8.83 Å². The fraction of sp³-hybridized carbons (Fsp3) is 0.294. The van der Waals surface area contributed by atoms with E-state index in [1.165, 1.54) is 12.1 Å². The quantitative estimate of drug-likeness (QED) is 0.741. The average molecular weight is 361 g/mol. The molecule has 0 amide bonds. The topological polar surface area (TPSA) is 98.2 Å². The first kappa shape index (κ1) is 17.2. The molecule has 3 aromatic rings. The van der Waals surface area contributed by atoms with Gasteiger partial charge in [-0.3, -0.25) is 4.72 Å². The predicted molar refractivity (Wildman–Crippen MR) is 92.8 cm³/mol. The second-order valence-corrected chi connectivity index (χ2v) is 7.74.